The molecule has 4 heteroatoms. The summed E-state index contributed by atoms with van der Waals surface area (Å²) in [6.07, 6.45) is 0. The SMILES string of the molecule is COc1cc(C)c(C(N)=O)cc1Br. The van der Waals surface area contributed by atoms with Gasteiger partial charge in [0.2, 0.25) is 5.91 Å². The topological polar surface area (TPSA) is 52.3 Å². The number of hydrogen-bond donors (Lipinski definition) is 1. The first-order chi connectivity index (χ1) is 6.06. The third kappa shape index (κ3) is 2.01. The first-order valence-corrected chi connectivity index (χ1v) is 4.49. The Morgan fingerprint density at radius 3 is 2.62 bits per heavy atom. The predicted octanol–water partition coefficient (Wildman–Crippen LogP) is 1.87. The van der Waals surface area contributed by atoms with Crippen molar-refractivity contribution in [1.82, 2.24) is 0 Å². The van der Waals surface area contributed by atoms with E-state index >= 15 is 0 Å². The molecule has 3 nitrogen and oxygen atoms in total. The molecule has 0 bridgehead atoms. The summed E-state index contributed by atoms with van der Waals surface area (Å²) in [4.78, 5) is 10.9. The van der Waals surface area contributed by atoms with Gasteiger partial charge in [-0.2, -0.15) is 0 Å². The van der Waals surface area contributed by atoms with Crippen LogP contribution in [-0.2, 0) is 0 Å². The molecule has 70 valence electrons. The summed E-state index contributed by atoms with van der Waals surface area (Å²) in [5, 5.41) is 0. The zero-order valence-electron chi connectivity index (χ0n) is 7.43. The van der Waals surface area contributed by atoms with Gasteiger partial charge in [-0.1, -0.05) is 0 Å². The number of rotatable bonds is 2. The van der Waals surface area contributed by atoms with E-state index in [1.54, 1.807) is 19.2 Å². The number of hydrogen-bond acceptors (Lipinski definition) is 2. The zero-order chi connectivity index (χ0) is 10.0. The third-order valence-electron chi connectivity index (χ3n) is 1.76. The summed E-state index contributed by atoms with van der Waals surface area (Å²) in [5.41, 5.74) is 6.49. The third-order valence-corrected chi connectivity index (χ3v) is 2.38. The largest absolute Gasteiger partial charge is 0.496 e. The van der Waals surface area contributed by atoms with Gasteiger partial charge in [0, 0.05) is 5.56 Å². The fourth-order valence-corrected chi connectivity index (χ4v) is 1.58. The highest BCUT2D eigenvalue weighted by atomic mass is 79.9. The van der Waals surface area contributed by atoms with Crippen LogP contribution in [0.4, 0.5) is 0 Å². The van der Waals surface area contributed by atoms with Crippen molar-refractivity contribution in [2.24, 2.45) is 5.73 Å². The van der Waals surface area contributed by atoms with Gasteiger partial charge in [0.05, 0.1) is 11.6 Å². The van der Waals surface area contributed by atoms with Gasteiger partial charge in [0.25, 0.3) is 0 Å². The molecule has 1 aromatic rings. The summed E-state index contributed by atoms with van der Waals surface area (Å²) in [7, 11) is 1.57. The van der Waals surface area contributed by atoms with E-state index in [9.17, 15) is 4.79 Å². The van der Waals surface area contributed by atoms with Crippen molar-refractivity contribution in [3.63, 3.8) is 0 Å². The Kier molecular flexibility index (Phi) is 2.93. The Bertz CT molecular complexity index is 350. The van der Waals surface area contributed by atoms with Gasteiger partial charge in [-0.05, 0) is 40.5 Å². The van der Waals surface area contributed by atoms with Crippen molar-refractivity contribution in [1.29, 1.82) is 0 Å². The molecule has 0 radical (unpaired) electrons. The van der Waals surface area contributed by atoms with Gasteiger partial charge in [-0.15, -0.1) is 0 Å². The highest BCUT2D eigenvalue weighted by Crippen LogP contribution is 2.27. The van der Waals surface area contributed by atoms with Crippen LogP contribution < -0.4 is 10.5 Å². The average molecular weight is 244 g/mol. The van der Waals surface area contributed by atoms with Crippen molar-refractivity contribution in [3.8, 4) is 5.75 Å². The Labute approximate surface area is 85.0 Å². The van der Waals surface area contributed by atoms with E-state index in [2.05, 4.69) is 15.9 Å². The Morgan fingerprint density at radius 2 is 2.15 bits per heavy atom. The Morgan fingerprint density at radius 1 is 1.54 bits per heavy atom. The van der Waals surface area contributed by atoms with E-state index in [4.69, 9.17) is 10.5 Å². The molecule has 0 aromatic heterocycles. The predicted molar refractivity (Wildman–Crippen MR) is 53.9 cm³/mol. The van der Waals surface area contributed by atoms with Crippen molar-refractivity contribution >= 4 is 21.8 Å². The maximum absolute atomic E-state index is 10.9. The minimum Gasteiger partial charge on any atom is -0.496 e. The molecule has 2 N–H and O–H groups in total. The van der Waals surface area contributed by atoms with Crippen LogP contribution in [0.2, 0.25) is 0 Å². The van der Waals surface area contributed by atoms with Crippen LogP contribution in [0.3, 0.4) is 0 Å². The lowest BCUT2D eigenvalue weighted by atomic mass is 10.1. The molecule has 0 heterocycles. The van der Waals surface area contributed by atoms with E-state index < -0.39 is 5.91 Å². The Hall–Kier alpha value is -1.03. The number of primary amides is 1. The number of benzene rings is 1. The molecule has 0 aliphatic rings. The lowest BCUT2D eigenvalue weighted by Gasteiger charge is -2.07. The fourth-order valence-electron chi connectivity index (χ4n) is 1.08. The van der Waals surface area contributed by atoms with E-state index in [0.29, 0.717) is 11.3 Å². The number of aryl methyl sites for hydroxylation is 1. The number of nitrogens with two attached hydrogens (primary N) is 1. The molecular formula is C9H10BrNO2. The molecule has 1 rings (SSSR count). The number of ether oxygens (including phenoxy) is 1. The van der Waals surface area contributed by atoms with Crippen molar-refractivity contribution in [3.05, 3.63) is 27.7 Å². The molecular weight excluding hydrogens is 234 g/mol. The number of carbonyl (C=O) groups excluding carboxylic acids is 1. The second-order valence-corrected chi connectivity index (χ2v) is 3.52. The van der Waals surface area contributed by atoms with Crippen LogP contribution in [0.1, 0.15) is 15.9 Å². The molecule has 0 unspecified atom stereocenters. The molecule has 0 saturated heterocycles. The summed E-state index contributed by atoms with van der Waals surface area (Å²) in [6.45, 7) is 1.81. The lowest BCUT2D eigenvalue weighted by Crippen LogP contribution is -2.12. The Balaban J connectivity index is 3.28. The van der Waals surface area contributed by atoms with Gasteiger partial charge in [-0.25, -0.2) is 0 Å². The molecule has 0 aliphatic carbocycles. The van der Waals surface area contributed by atoms with Crippen LogP contribution in [-0.4, -0.2) is 13.0 Å². The summed E-state index contributed by atoms with van der Waals surface area (Å²) in [6, 6.07) is 3.43. The normalized spacial score (nSPS) is 9.77. The minimum absolute atomic E-state index is 0.430. The molecule has 0 fully saturated rings. The van der Waals surface area contributed by atoms with Gasteiger partial charge in [-0.3, -0.25) is 4.79 Å². The highest BCUT2D eigenvalue weighted by Gasteiger charge is 2.09. The molecule has 0 spiro atoms. The maximum Gasteiger partial charge on any atom is 0.249 e. The minimum atomic E-state index is -0.430. The van der Waals surface area contributed by atoms with Crippen LogP contribution in [0.5, 0.6) is 5.75 Å². The van der Waals surface area contributed by atoms with E-state index in [1.807, 2.05) is 6.92 Å². The summed E-state index contributed by atoms with van der Waals surface area (Å²) < 4.78 is 5.79. The maximum atomic E-state index is 10.9. The van der Waals surface area contributed by atoms with Crippen LogP contribution in [0.25, 0.3) is 0 Å². The number of carbonyl (C=O) groups is 1. The number of methoxy groups -OCH3 is 1. The molecule has 0 atom stereocenters. The van der Waals surface area contributed by atoms with Gasteiger partial charge in [0.1, 0.15) is 5.75 Å². The van der Waals surface area contributed by atoms with E-state index in [1.165, 1.54) is 0 Å². The molecule has 1 amide bonds. The second kappa shape index (κ2) is 3.79. The van der Waals surface area contributed by atoms with Gasteiger partial charge in [0.15, 0.2) is 0 Å². The standard InChI is InChI=1S/C9H10BrNO2/c1-5-3-8(13-2)7(10)4-6(5)9(11)12/h3-4H,1-2H3,(H2,11,12). The highest BCUT2D eigenvalue weighted by molar-refractivity contribution is 9.10. The zero-order valence-corrected chi connectivity index (χ0v) is 9.01. The van der Waals surface area contributed by atoms with Crippen LogP contribution in [0.15, 0.2) is 16.6 Å². The van der Waals surface area contributed by atoms with Crippen LogP contribution >= 0.6 is 15.9 Å². The van der Waals surface area contributed by atoms with Crippen molar-refractivity contribution in [2.75, 3.05) is 7.11 Å². The summed E-state index contributed by atoms with van der Waals surface area (Å²) in [5.74, 6) is 0.267. The molecule has 0 saturated carbocycles. The quantitative estimate of drug-likeness (QED) is 0.863. The lowest BCUT2D eigenvalue weighted by molar-refractivity contribution is 0.0999. The van der Waals surface area contributed by atoms with Gasteiger partial charge < -0.3 is 10.5 Å². The molecule has 13 heavy (non-hydrogen) atoms. The van der Waals surface area contributed by atoms with E-state index in [-0.39, 0.29) is 0 Å². The first kappa shape index (κ1) is 10.1. The second-order valence-electron chi connectivity index (χ2n) is 2.67. The number of halogens is 1. The number of amides is 1. The van der Waals surface area contributed by atoms with Crippen molar-refractivity contribution < 1.29 is 9.53 Å². The van der Waals surface area contributed by atoms with Gasteiger partial charge >= 0.3 is 0 Å². The first-order valence-electron chi connectivity index (χ1n) is 3.70. The smallest absolute Gasteiger partial charge is 0.249 e. The van der Waals surface area contributed by atoms with Crippen LogP contribution in [0, 0.1) is 6.92 Å². The van der Waals surface area contributed by atoms with Crippen molar-refractivity contribution in [2.45, 2.75) is 6.92 Å². The van der Waals surface area contributed by atoms with E-state index in [0.717, 1.165) is 10.0 Å². The fraction of sp³-hybridized carbons (Fsp3) is 0.222. The molecule has 0 aliphatic heterocycles. The average Bonchev–Trinajstić information content (AvgIpc) is 2.07. The monoisotopic (exact) mass is 243 g/mol. The molecule has 1 aromatic carbocycles. The summed E-state index contributed by atoms with van der Waals surface area (Å²) >= 11 is 3.28.